The largest absolute Gasteiger partial charge is 0.416 e. The van der Waals surface area contributed by atoms with Crippen LogP contribution >= 0.6 is 0 Å². The number of piperazine rings is 1. The van der Waals surface area contributed by atoms with Crippen LogP contribution in [0.15, 0.2) is 35.9 Å². The van der Waals surface area contributed by atoms with E-state index in [1.54, 1.807) is 6.07 Å². The van der Waals surface area contributed by atoms with Crippen LogP contribution in [0.2, 0.25) is 0 Å². The van der Waals surface area contributed by atoms with Gasteiger partial charge in [0.2, 0.25) is 5.91 Å². The van der Waals surface area contributed by atoms with Gasteiger partial charge in [0.15, 0.2) is 0 Å². The minimum Gasteiger partial charge on any atom is -0.369 e. The summed E-state index contributed by atoms with van der Waals surface area (Å²) in [4.78, 5) is 18.8. The van der Waals surface area contributed by atoms with Crippen molar-refractivity contribution in [1.29, 1.82) is 0 Å². The highest BCUT2D eigenvalue weighted by molar-refractivity contribution is 5.88. The Morgan fingerprint density at radius 3 is 2.34 bits per heavy atom. The summed E-state index contributed by atoms with van der Waals surface area (Å²) in [5.41, 5.74) is 1.40. The van der Waals surface area contributed by atoms with Crippen LogP contribution in [-0.4, -0.2) is 61.5 Å². The fraction of sp³-hybridized carbons (Fsp3) is 0.640. The van der Waals surface area contributed by atoms with Gasteiger partial charge in [-0.3, -0.25) is 9.69 Å². The number of amides is 1. The molecule has 3 fully saturated rings. The normalized spacial score (nSPS) is 23.0. The molecule has 0 radical (unpaired) electrons. The maximum absolute atomic E-state index is 13.0. The van der Waals surface area contributed by atoms with Gasteiger partial charge in [0.1, 0.15) is 0 Å². The lowest BCUT2D eigenvalue weighted by atomic mass is 9.83. The zero-order chi connectivity index (χ0) is 22.6. The summed E-state index contributed by atoms with van der Waals surface area (Å²) < 4.78 is 38.9. The molecule has 2 heterocycles. The van der Waals surface area contributed by atoms with Crippen molar-refractivity contribution < 1.29 is 18.0 Å². The van der Waals surface area contributed by atoms with E-state index >= 15 is 0 Å². The molecule has 0 bridgehead atoms. The zero-order valence-corrected chi connectivity index (χ0v) is 18.7. The topological polar surface area (TPSA) is 26.8 Å². The number of carbonyl (C=O) groups excluding carboxylic acids is 1. The van der Waals surface area contributed by atoms with Gasteiger partial charge in [-0.2, -0.15) is 13.2 Å². The number of hydrogen-bond donors (Lipinski definition) is 0. The molecule has 32 heavy (non-hydrogen) atoms. The minimum absolute atomic E-state index is 0.203. The van der Waals surface area contributed by atoms with Gasteiger partial charge in [-0.15, -0.1) is 0 Å². The zero-order valence-electron chi connectivity index (χ0n) is 18.7. The number of hydrogen-bond acceptors (Lipinski definition) is 3. The summed E-state index contributed by atoms with van der Waals surface area (Å²) in [6.45, 7) is 6.16. The van der Waals surface area contributed by atoms with E-state index < -0.39 is 11.7 Å². The number of nitrogens with zero attached hydrogens (tertiary/aromatic N) is 3. The van der Waals surface area contributed by atoms with Crippen molar-refractivity contribution >= 4 is 11.6 Å². The summed E-state index contributed by atoms with van der Waals surface area (Å²) in [6.07, 6.45) is 5.41. The smallest absolute Gasteiger partial charge is 0.369 e. The maximum Gasteiger partial charge on any atom is 0.416 e. The van der Waals surface area contributed by atoms with Crippen LogP contribution in [0.3, 0.4) is 0 Å². The third kappa shape index (κ3) is 6.06. The Hall–Kier alpha value is -2.02. The van der Waals surface area contributed by atoms with Crippen molar-refractivity contribution in [3.63, 3.8) is 0 Å². The molecule has 7 heteroatoms. The summed E-state index contributed by atoms with van der Waals surface area (Å²) in [5, 5.41) is 0. The third-order valence-electron chi connectivity index (χ3n) is 7.26. The molecule has 2 aliphatic heterocycles. The molecule has 1 amide bonds. The molecule has 4 rings (SSSR count). The number of likely N-dealkylation sites (tertiary alicyclic amines) is 1. The average molecular weight is 450 g/mol. The van der Waals surface area contributed by atoms with E-state index in [1.165, 1.54) is 17.7 Å². The van der Waals surface area contributed by atoms with Crippen molar-refractivity contribution in [3.8, 4) is 0 Å². The highest BCUT2D eigenvalue weighted by Gasteiger charge is 2.31. The second-order valence-electron chi connectivity index (χ2n) is 9.44. The highest BCUT2D eigenvalue weighted by atomic mass is 19.4. The maximum atomic E-state index is 13.0. The van der Waals surface area contributed by atoms with Gasteiger partial charge in [0, 0.05) is 51.0 Å². The van der Waals surface area contributed by atoms with E-state index in [0.29, 0.717) is 11.6 Å². The van der Waals surface area contributed by atoms with E-state index in [4.69, 9.17) is 0 Å². The van der Waals surface area contributed by atoms with Gasteiger partial charge >= 0.3 is 6.18 Å². The van der Waals surface area contributed by atoms with E-state index in [0.717, 1.165) is 96.8 Å². The van der Waals surface area contributed by atoms with Crippen LogP contribution in [0, 0.1) is 5.92 Å². The van der Waals surface area contributed by atoms with Crippen LogP contribution in [-0.2, 0) is 11.0 Å². The molecular formula is C25H34F3N3O. The molecule has 1 aliphatic carbocycles. The van der Waals surface area contributed by atoms with Gasteiger partial charge in [0.25, 0.3) is 0 Å². The Morgan fingerprint density at radius 2 is 1.69 bits per heavy atom. The van der Waals surface area contributed by atoms with Crippen LogP contribution in [0.1, 0.15) is 50.5 Å². The third-order valence-corrected chi connectivity index (χ3v) is 7.26. The standard InChI is InChI=1S/C25H34F3N3O/c26-25(27,28)22-4-3-5-23(19-22)30-16-14-29(15-17-30)13-10-20-6-8-21(9-7-20)18-24(32)31-11-1-2-12-31/h3-5,18-20H,1-2,6-17H2. The van der Waals surface area contributed by atoms with E-state index in [1.807, 2.05) is 11.0 Å². The lowest BCUT2D eigenvalue weighted by Crippen LogP contribution is -2.47. The van der Waals surface area contributed by atoms with Crippen molar-refractivity contribution in [2.75, 3.05) is 50.7 Å². The molecule has 176 valence electrons. The van der Waals surface area contributed by atoms with Crippen molar-refractivity contribution in [3.05, 3.63) is 41.5 Å². The van der Waals surface area contributed by atoms with Gasteiger partial charge < -0.3 is 9.80 Å². The van der Waals surface area contributed by atoms with Crippen molar-refractivity contribution in [1.82, 2.24) is 9.80 Å². The predicted molar refractivity (Wildman–Crippen MR) is 121 cm³/mol. The molecule has 1 aromatic carbocycles. The van der Waals surface area contributed by atoms with Gasteiger partial charge in [-0.05, 0) is 75.6 Å². The first-order valence-corrected chi connectivity index (χ1v) is 12.0. The first-order chi connectivity index (χ1) is 15.4. The highest BCUT2D eigenvalue weighted by Crippen LogP contribution is 2.33. The molecule has 4 nitrogen and oxygen atoms in total. The first-order valence-electron chi connectivity index (χ1n) is 12.0. The number of anilines is 1. The van der Waals surface area contributed by atoms with Crippen LogP contribution < -0.4 is 4.90 Å². The van der Waals surface area contributed by atoms with Crippen molar-refractivity contribution in [2.24, 2.45) is 5.92 Å². The van der Waals surface area contributed by atoms with E-state index in [2.05, 4.69) is 9.80 Å². The molecule has 2 saturated heterocycles. The van der Waals surface area contributed by atoms with Gasteiger partial charge in [-0.1, -0.05) is 11.6 Å². The molecule has 0 spiro atoms. The molecule has 0 unspecified atom stereocenters. The fourth-order valence-corrected chi connectivity index (χ4v) is 5.16. The number of carbonyl (C=O) groups is 1. The predicted octanol–water partition coefficient (Wildman–Crippen LogP) is 4.96. The second kappa shape index (κ2) is 10.3. The number of rotatable bonds is 5. The summed E-state index contributed by atoms with van der Waals surface area (Å²) in [6, 6.07) is 5.66. The fourth-order valence-electron chi connectivity index (χ4n) is 5.16. The minimum atomic E-state index is -4.30. The SMILES string of the molecule is O=C(C=C1CCC(CCN2CCN(c3cccc(C(F)(F)F)c3)CC2)CC1)N1CCCC1. The van der Waals surface area contributed by atoms with Crippen LogP contribution in [0.25, 0.3) is 0 Å². The second-order valence-corrected chi connectivity index (χ2v) is 9.44. The average Bonchev–Trinajstić information content (AvgIpc) is 3.34. The van der Waals surface area contributed by atoms with Gasteiger partial charge in [-0.25, -0.2) is 0 Å². The van der Waals surface area contributed by atoms with E-state index in [-0.39, 0.29) is 5.91 Å². The molecular weight excluding hydrogens is 415 g/mol. The molecule has 0 aromatic heterocycles. The molecule has 1 aromatic rings. The van der Waals surface area contributed by atoms with Crippen LogP contribution in [0.4, 0.5) is 18.9 Å². The van der Waals surface area contributed by atoms with Gasteiger partial charge in [0.05, 0.1) is 5.56 Å². The number of alkyl halides is 3. The Labute approximate surface area is 189 Å². The number of halogens is 3. The summed E-state index contributed by atoms with van der Waals surface area (Å²) in [7, 11) is 0. The lowest BCUT2D eigenvalue weighted by Gasteiger charge is -2.37. The Balaban J connectivity index is 1.17. The van der Waals surface area contributed by atoms with Crippen molar-refractivity contribution in [2.45, 2.75) is 51.1 Å². The number of allylic oxidation sites excluding steroid dienone is 1. The quantitative estimate of drug-likeness (QED) is 0.595. The monoisotopic (exact) mass is 449 g/mol. The first kappa shape index (κ1) is 23.1. The molecule has 1 saturated carbocycles. The molecule has 0 N–H and O–H groups in total. The summed E-state index contributed by atoms with van der Waals surface area (Å²) >= 11 is 0. The van der Waals surface area contributed by atoms with E-state index in [9.17, 15) is 18.0 Å². The Kier molecular flexibility index (Phi) is 7.44. The number of benzene rings is 1. The van der Waals surface area contributed by atoms with Crippen LogP contribution in [0.5, 0.6) is 0 Å². The lowest BCUT2D eigenvalue weighted by molar-refractivity contribution is -0.137. The Bertz CT molecular complexity index is 799. The molecule has 0 atom stereocenters. The molecule has 3 aliphatic rings. The summed E-state index contributed by atoms with van der Waals surface area (Å²) in [5.74, 6) is 0.908. The Morgan fingerprint density at radius 1 is 1.00 bits per heavy atom.